The van der Waals surface area contributed by atoms with Crippen LogP contribution < -0.4 is 0 Å². The Hall–Kier alpha value is -0.280. The van der Waals surface area contributed by atoms with E-state index in [-0.39, 0.29) is 0 Å². The molecule has 0 aliphatic carbocycles. The summed E-state index contributed by atoms with van der Waals surface area (Å²) in [6.07, 6.45) is 1.57. The van der Waals surface area contributed by atoms with Crippen LogP contribution in [0.2, 0.25) is 0 Å². The molecule has 0 amide bonds. The van der Waals surface area contributed by atoms with Crippen molar-refractivity contribution < 1.29 is 4.79 Å². The van der Waals surface area contributed by atoms with Crippen molar-refractivity contribution in [1.29, 1.82) is 0 Å². The van der Waals surface area contributed by atoms with E-state index < -0.39 is 0 Å². The van der Waals surface area contributed by atoms with Crippen molar-refractivity contribution in [3.63, 3.8) is 0 Å². The molecule has 1 nitrogen and oxygen atoms in total. The predicted molar refractivity (Wildman–Crippen MR) is 55.5 cm³/mol. The molecule has 0 saturated heterocycles. The molecule has 12 heavy (non-hydrogen) atoms. The third kappa shape index (κ3) is 3.41. The molecule has 0 radical (unpaired) electrons. The van der Waals surface area contributed by atoms with Crippen molar-refractivity contribution in [2.24, 2.45) is 0 Å². The number of hydrogen-bond acceptors (Lipinski definition) is 2. The highest BCUT2D eigenvalue weighted by atomic mass is 79.9. The van der Waals surface area contributed by atoms with E-state index in [1.54, 1.807) is 11.8 Å². The van der Waals surface area contributed by atoms with Crippen LogP contribution in [0.5, 0.6) is 0 Å². The van der Waals surface area contributed by atoms with Gasteiger partial charge in [-0.05, 0) is 18.2 Å². The molecule has 0 heterocycles. The molecule has 1 aromatic rings. The normalized spacial score (nSPS) is 9.75. The smallest absolute Gasteiger partial charge is 0.120 e. The maximum Gasteiger partial charge on any atom is 0.120 e. The second-order valence-electron chi connectivity index (χ2n) is 2.26. The quantitative estimate of drug-likeness (QED) is 0.460. The first-order chi connectivity index (χ1) is 5.83. The lowest BCUT2D eigenvalue weighted by Gasteiger charge is -1.98. The highest BCUT2D eigenvalue weighted by Crippen LogP contribution is 2.21. The molecular weight excluding hydrogens is 236 g/mol. The van der Waals surface area contributed by atoms with Gasteiger partial charge in [0.25, 0.3) is 0 Å². The fourth-order valence-electron chi connectivity index (χ4n) is 0.782. The first-order valence-corrected chi connectivity index (χ1v) is 5.43. The minimum atomic E-state index is 0.622. The van der Waals surface area contributed by atoms with Crippen molar-refractivity contribution in [3.05, 3.63) is 28.7 Å². The van der Waals surface area contributed by atoms with Crippen molar-refractivity contribution in [3.8, 4) is 0 Å². The molecule has 0 N–H and O–H groups in total. The Morgan fingerprint density at radius 2 is 2.33 bits per heavy atom. The molecule has 0 atom stereocenters. The van der Waals surface area contributed by atoms with Gasteiger partial charge in [0.15, 0.2) is 0 Å². The standard InChI is InChI=1S/C9H9BrOS/c10-8-3-1-4-9(7-8)12-6-2-5-11/h1,3-5,7H,2,6H2. The van der Waals surface area contributed by atoms with Gasteiger partial charge in [-0.25, -0.2) is 0 Å². The van der Waals surface area contributed by atoms with Gasteiger partial charge in [-0.15, -0.1) is 11.8 Å². The first kappa shape index (κ1) is 9.81. The lowest BCUT2D eigenvalue weighted by atomic mass is 10.4. The minimum absolute atomic E-state index is 0.622. The third-order valence-corrected chi connectivity index (χ3v) is 2.82. The molecule has 1 rings (SSSR count). The summed E-state index contributed by atoms with van der Waals surface area (Å²) >= 11 is 5.09. The fraction of sp³-hybridized carbons (Fsp3) is 0.222. The molecule has 3 heteroatoms. The van der Waals surface area contributed by atoms with Crippen molar-refractivity contribution in [2.45, 2.75) is 11.3 Å². The Labute approximate surface area is 84.7 Å². The number of hydrogen-bond donors (Lipinski definition) is 0. The van der Waals surface area contributed by atoms with Gasteiger partial charge in [-0.3, -0.25) is 0 Å². The van der Waals surface area contributed by atoms with E-state index in [1.165, 1.54) is 4.90 Å². The number of carbonyl (C=O) groups is 1. The highest BCUT2D eigenvalue weighted by molar-refractivity contribution is 9.10. The molecular formula is C9H9BrOS. The number of benzene rings is 1. The van der Waals surface area contributed by atoms with Crippen LogP contribution in [-0.2, 0) is 4.79 Å². The van der Waals surface area contributed by atoms with E-state index in [0.717, 1.165) is 16.5 Å². The average Bonchev–Trinajstić information content (AvgIpc) is 2.05. The maximum absolute atomic E-state index is 10.0. The summed E-state index contributed by atoms with van der Waals surface area (Å²) in [6, 6.07) is 8.08. The lowest BCUT2D eigenvalue weighted by Crippen LogP contribution is -1.80. The second kappa shape index (κ2) is 5.38. The summed E-state index contributed by atoms with van der Waals surface area (Å²) in [5, 5.41) is 0. The number of thioether (sulfide) groups is 1. The van der Waals surface area contributed by atoms with Gasteiger partial charge in [0.1, 0.15) is 6.29 Å². The summed E-state index contributed by atoms with van der Waals surface area (Å²) in [5.74, 6) is 0.861. The predicted octanol–water partition coefficient (Wildman–Crippen LogP) is 3.13. The van der Waals surface area contributed by atoms with E-state index in [1.807, 2.05) is 18.2 Å². The van der Waals surface area contributed by atoms with Gasteiger partial charge in [0, 0.05) is 21.5 Å². The lowest BCUT2D eigenvalue weighted by molar-refractivity contribution is -0.107. The molecule has 0 aliphatic rings. The van der Waals surface area contributed by atoms with Crippen LogP contribution in [-0.4, -0.2) is 12.0 Å². The summed E-state index contributed by atoms with van der Waals surface area (Å²) in [4.78, 5) is 11.2. The molecule has 0 aliphatic heterocycles. The van der Waals surface area contributed by atoms with Crippen LogP contribution in [0.15, 0.2) is 33.6 Å². The Morgan fingerprint density at radius 1 is 1.50 bits per heavy atom. The molecule has 0 spiro atoms. The van der Waals surface area contributed by atoms with Crippen LogP contribution in [0.4, 0.5) is 0 Å². The van der Waals surface area contributed by atoms with Gasteiger partial charge in [0.2, 0.25) is 0 Å². The SMILES string of the molecule is O=CCCSc1cccc(Br)c1. The van der Waals surface area contributed by atoms with Crippen LogP contribution in [0.1, 0.15) is 6.42 Å². The van der Waals surface area contributed by atoms with E-state index in [4.69, 9.17) is 0 Å². The minimum Gasteiger partial charge on any atom is -0.303 e. The van der Waals surface area contributed by atoms with Crippen molar-refractivity contribution in [1.82, 2.24) is 0 Å². The van der Waals surface area contributed by atoms with E-state index in [9.17, 15) is 4.79 Å². The van der Waals surface area contributed by atoms with Crippen LogP contribution in [0, 0.1) is 0 Å². The highest BCUT2D eigenvalue weighted by Gasteiger charge is 1.93. The Morgan fingerprint density at radius 3 is 3.00 bits per heavy atom. The molecule has 0 fully saturated rings. The zero-order chi connectivity index (χ0) is 8.81. The first-order valence-electron chi connectivity index (χ1n) is 3.65. The summed E-state index contributed by atoms with van der Waals surface area (Å²) in [7, 11) is 0. The second-order valence-corrected chi connectivity index (χ2v) is 4.35. The van der Waals surface area contributed by atoms with Crippen LogP contribution in [0.25, 0.3) is 0 Å². The van der Waals surface area contributed by atoms with E-state index >= 15 is 0 Å². The largest absolute Gasteiger partial charge is 0.303 e. The van der Waals surface area contributed by atoms with Crippen LogP contribution >= 0.6 is 27.7 Å². The Bertz CT molecular complexity index is 262. The van der Waals surface area contributed by atoms with Crippen LogP contribution in [0.3, 0.4) is 0 Å². The topological polar surface area (TPSA) is 17.1 Å². The summed E-state index contributed by atoms with van der Waals surface area (Å²) in [6.45, 7) is 0. The van der Waals surface area contributed by atoms with E-state index in [0.29, 0.717) is 6.42 Å². The van der Waals surface area contributed by atoms with Gasteiger partial charge in [-0.2, -0.15) is 0 Å². The molecule has 0 saturated carbocycles. The van der Waals surface area contributed by atoms with Gasteiger partial charge >= 0.3 is 0 Å². The number of rotatable bonds is 4. The Kier molecular flexibility index (Phi) is 4.40. The van der Waals surface area contributed by atoms with E-state index in [2.05, 4.69) is 22.0 Å². The average molecular weight is 245 g/mol. The number of aldehydes is 1. The monoisotopic (exact) mass is 244 g/mol. The molecule has 0 aromatic heterocycles. The number of carbonyl (C=O) groups excluding carboxylic acids is 1. The molecule has 1 aromatic carbocycles. The third-order valence-electron chi connectivity index (χ3n) is 1.30. The fourth-order valence-corrected chi connectivity index (χ4v) is 2.17. The zero-order valence-electron chi connectivity index (χ0n) is 6.50. The zero-order valence-corrected chi connectivity index (χ0v) is 8.90. The van der Waals surface area contributed by atoms with Crippen molar-refractivity contribution in [2.75, 3.05) is 5.75 Å². The van der Waals surface area contributed by atoms with Gasteiger partial charge < -0.3 is 4.79 Å². The maximum atomic E-state index is 10.0. The molecule has 64 valence electrons. The van der Waals surface area contributed by atoms with Gasteiger partial charge in [0.05, 0.1) is 0 Å². The summed E-state index contributed by atoms with van der Waals surface area (Å²) < 4.78 is 1.08. The summed E-state index contributed by atoms with van der Waals surface area (Å²) in [5.41, 5.74) is 0. The number of halogens is 1. The molecule has 0 bridgehead atoms. The van der Waals surface area contributed by atoms with Crippen molar-refractivity contribution >= 4 is 34.0 Å². The van der Waals surface area contributed by atoms with Gasteiger partial charge in [-0.1, -0.05) is 22.0 Å². The Balaban J connectivity index is 2.46. The molecule has 0 unspecified atom stereocenters.